The van der Waals surface area contributed by atoms with Gasteiger partial charge in [0.25, 0.3) is 5.56 Å². The largest absolute Gasteiger partial charge is 0.545 e. The third-order valence-corrected chi connectivity index (χ3v) is 4.82. The molecule has 0 atom stereocenters. The zero-order chi connectivity index (χ0) is 18.0. The number of hydrogen-bond donors (Lipinski definition) is 1. The SMILES string of the molecule is CCc1cc2c(=O)n(CC(=O)Nc3ccc(C(=O)[O-])cc3)cnc2s1. The summed E-state index contributed by atoms with van der Waals surface area (Å²) in [5, 5.41) is 13.8. The summed E-state index contributed by atoms with van der Waals surface area (Å²) in [7, 11) is 0. The molecule has 0 aliphatic rings. The number of thiophene rings is 1. The van der Waals surface area contributed by atoms with Crippen molar-refractivity contribution in [3.05, 3.63) is 57.5 Å². The van der Waals surface area contributed by atoms with E-state index < -0.39 is 11.9 Å². The van der Waals surface area contributed by atoms with Crippen LogP contribution >= 0.6 is 11.3 Å². The number of anilines is 1. The van der Waals surface area contributed by atoms with Gasteiger partial charge in [0.05, 0.1) is 17.7 Å². The number of nitrogens with zero attached hydrogens (tertiary/aromatic N) is 2. The zero-order valence-corrected chi connectivity index (χ0v) is 14.1. The number of amides is 1. The van der Waals surface area contributed by atoms with E-state index in [2.05, 4.69) is 10.3 Å². The first-order chi connectivity index (χ1) is 12.0. The summed E-state index contributed by atoms with van der Waals surface area (Å²) in [5.74, 6) is -1.69. The van der Waals surface area contributed by atoms with Gasteiger partial charge in [-0.05, 0) is 30.2 Å². The highest BCUT2D eigenvalue weighted by atomic mass is 32.1. The molecule has 0 unspecified atom stereocenters. The van der Waals surface area contributed by atoms with E-state index in [4.69, 9.17) is 0 Å². The fourth-order valence-electron chi connectivity index (χ4n) is 2.34. The van der Waals surface area contributed by atoms with Crippen molar-refractivity contribution in [3.63, 3.8) is 0 Å². The van der Waals surface area contributed by atoms with E-state index in [1.54, 1.807) is 0 Å². The topological polar surface area (TPSA) is 104 Å². The average molecular weight is 356 g/mol. The van der Waals surface area contributed by atoms with Crippen molar-refractivity contribution in [2.45, 2.75) is 19.9 Å². The van der Waals surface area contributed by atoms with Crippen molar-refractivity contribution < 1.29 is 14.7 Å². The van der Waals surface area contributed by atoms with Crippen LogP contribution in [0.15, 0.2) is 41.5 Å². The van der Waals surface area contributed by atoms with Gasteiger partial charge in [-0.2, -0.15) is 0 Å². The van der Waals surface area contributed by atoms with Gasteiger partial charge in [-0.3, -0.25) is 14.2 Å². The van der Waals surface area contributed by atoms with Crippen molar-refractivity contribution in [2.24, 2.45) is 0 Å². The highest BCUT2D eigenvalue weighted by Crippen LogP contribution is 2.21. The third kappa shape index (κ3) is 3.58. The molecule has 0 aliphatic carbocycles. The fraction of sp³-hybridized carbons (Fsp3) is 0.176. The zero-order valence-electron chi connectivity index (χ0n) is 13.3. The number of rotatable bonds is 5. The molecule has 0 bridgehead atoms. The van der Waals surface area contributed by atoms with Crippen LogP contribution in [0.5, 0.6) is 0 Å². The maximum Gasteiger partial charge on any atom is 0.262 e. The predicted molar refractivity (Wildman–Crippen MR) is 92.7 cm³/mol. The Hall–Kier alpha value is -3.00. The molecule has 0 saturated carbocycles. The molecule has 7 nitrogen and oxygen atoms in total. The van der Waals surface area contributed by atoms with E-state index in [-0.39, 0.29) is 17.7 Å². The average Bonchev–Trinajstić information content (AvgIpc) is 3.02. The van der Waals surface area contributed by atoms with E-state index >= 15 is 0 Å². The van der Waals surface area contributed by atoms with Gasteiger partial charge in [0.15, 0.2) is 0 Å². The van der Waals surface area contributed by atoms with Crippen molar-refractivity contribution in [2.75, 3.05) is 5.32 Å². The normalized spacial score (nSPS) is 10.8. The molecular formula is C17H14N3O4S-. The number of carboxylic acid groups (broad SMARTS) is 1. The van der Waals surface area contributed by atoms with Gasteiger partial charge in [-0.15, -0.1) is 11.3 Å². The van der Waals surface area contributed by atoms with Gasteiger partial charge in [-0.25, -0.2) is 4.98 Å². The molecule has 8 heteroatoms. The van der Waals surface area contributed by atoms with E-state index in [0.717, 1.165) is 11.3 Å². The smallest absolute Gasteiger partial charge is 0.262 e. The second-order valence-corrected chi connectivity index (χ2v) is 6.49. The summed E-state index contributed by atoms with van der Waals surface area (Å²) in [6.45, 7) is 1.82. The monoisotopic (exact) mass is 356 g/mol. The molecule has 0 fully saturated rings. The van der Waals surface area contributed by atoms with Gasteiger partial charge in [-0.1, -0.05) is 19.1 Å². The number of carboxylic acids is 1. The van der Waals surface area contributed by atoms with E-state index in [0.29, 0.717) is 15.9 Å². The fourth-order valence-corrected chi connectivity index (χ4v) is 3.27. The van der Waals surface area contributed by atoms with Crippen LogP contribution < -0.4 is 16.0 Å². The Bertz CT molecular complexity index is 1000. The number of aryl methyl sites for hydroxylation is 1. The first kappa shape index (κ1) is 16.8. The minimum Gasteiger partial charge on any atom is -0.545 e. The van der Waals surface area contributed by atoms with Crippen LogP contribution in [0.4, 0.5) is 5.69 Å². The van der Waals surface area contributed by atoms with Gasteiger partial charge >= 0.3 is 0 Å². The Balaban J connectivity index is 1.76. The molecule has 2 heterocycles. The quantitative estimate of drug-likeness (QED) is 0.735. The molecule has 3 aromatic rings. The number of aromatic nitrogens is 2. The first-order valence-electron chi connectivity index (χ1n) is 7.57. The molecule has 128 valence electrons. The molecular weight excluding hydrogens is 342 g/mol. The number of nitrogens with one attached hydrogen (secondary N) is 1. The number of aromatic carboxylic acids is 1. The molecule has 3 rings (SSSR count). The van der Waals surface area contributed by atoms with Crippen LogP contribution in [0.25, 0.3) is 10.2 Å². The molecule has 0 spiro atoms. The van der Waals surface area contributed by atoms with Crippen LogP contribution in [-0.4, -0.2) is 21.4 Å². The number of hydrogen-bond acceptors (Lipinski definition) is 6. The Morgan fingerprint density at radius 3 is 2.64 bits per heavy atom. The Morgan fingerprint density at radius 1 is 1.28 bits per heavy atom. The number of carbonyl (C=O) groups is 2. The van der Waals surface area contributed by atoms with Crippen molar-refractivity contribution in [3.8, 4) is 0 Å². The maximum absolute atomic E-state index is 12.4. The molecule has 0 aliphatic heterocycles. The molecule has 0 radical (unpaired) electrons. The summed E-state index contributed by atoms with van der Waals surface area (Å²) < 4.78 is 1.25. The van der Waals surface area contributed by atoms with Gasteiger partial charge in [0.1, 0.15) is 11.4 Å². The summed E-state index contributed by atoms with van der Waals surface area (Å²) in [6, 6.07) is 7.40. The number of fused-ring (bicyclic) bond motifs is 1. The second kappa shape index (κ2) is 6.86. The number of benzene rings is 1. The van der Waals surface area contributed by atoms with E-state index in [1.165, 1.54) is 46.5 Å². The first-order valence-corrected chi connectivity index (χ1v) is 8.38. The van der Waals surface area contributed by atoms with Crippen LogP contribution in [0, 0.1) is 0 Å². The lowest BCUT2D eigenvalue weighted by atomic mass is 10.2. The summed E-state index contributed by atoms with van der Waals surface area (Å²) in [5.41, 5.74) is 0.192. The van der Waals surface area contributed by atoms with Crippen LogP contribution in [0.2, 0.25) is 0 Å². The Kier molecular flexibility index (Phi) is 4.62. The summed E-state index contributed by atoms with van der Waals surface area (Å²) in [4.78, 5) is 41.2. The van der Waals surface area contributed by atoms with Gasteiger partial charge in [0.2, 0.25) is 5.91 Å². The van der Waals surface area contributed by atoms with Gasteiger partial charge in [0, 0.05) is 10.6 Å². The van der Waals surface area contributed by atoms with Crippen molar-refractivity contribution in [1.29, 1.82) is 0 Å². The molecule has 1 amide bonds. The second-order valence-electron chi connectivity index (χ2n) is 5.38. The van der Waals surface area contributed by atoms with Crippen LogP contribution in [-0.2, 0) is 17.8 Å². The minimum atomic E-state index is -1.29. The van der Waals surface area contributed by atoms with Crippen molar-refractivity contribution >= 4 is 39.1 Å². The predicted octanol–water partition coefficient (Wildman–Crippen LogP) is 1.02. The Labute approximate surface area is 146 Å². The van der Waals surface area contributed by atoms with Crippen LogP contribution in [0.3, 0.4) is 0 Å². The van der Waals surface area contributed by atoms with E-state index in [9.17, 15) is 19.5 Å². The lowest BCUT2D eigenvalue weighted by Crippen LogP contribution is -2.27. The molecule has 1 N–H and O–H groups in total. The minimum absolute atomic E-state index is 0.0213. The highest BCUT2D eigenvalue weighted by molar-refractivity contribution is 7.18. The number of carbonyl (C=O) groups excluding carboxylic acids is 2. The molecule has 1 aromatic carbocycles. The third-order valence-electron chi connectivity index (χ3n) is 3.64. The van der Waals surface area contributed by atoms with Crippen molar-refractivity contribution in [1.82, 2.24) is 9.55 Å². The lowest BCUT2D eigenvalue weighted by Gasteiger charge is -2.08. The lowest BCUT2D eigenvalue weighted by molar-refractivity contribution is -0.255. The van der Waals surface area contributed by atoms with Gasteiger partial charge < -0.3 is 15.2 Å². The molecule has 2 aromatic heterocycles. The standard InChI is InChI=1S/C17H15N3O4S/c1-2-12-7-13-15(25-12)18-9-20(16(13)22)8-14(21)19-11-5-3-10(4-6-11)17(23)24/h3-7,9H,2,8H2,1H3,(H,19,21)(H,23,24)/p-1. The van der Waals surface area contributed by atoms with E-state index in [1.807, 2.05) is 13.0 Å². The highest BCUT2D eigenvalue weighted by Gasteiger charge is 2.11. The molecule has 25 heavy (non-hydrogen) atoms. The molecule has 0 saturated heterocycles. The summed E-state index contributed by atoms with van der Waals surface area (Å²) >= 11 is 1.47. The maximum atomic E-state index is 12.4. The van der Waals surface area contributed by atoms with Crippen LogP contribution in [0.1, 0.15) is 22.2 Å². The summed E-state index contributed by atoms with van der Waals surface area (Å²) in [6.07, 6.45) is 2.18. The Morgan fingerprint density at radius 2 is 2.00 bits per heavy atom.